The van der Waals surface area contributed by atoms with E-state index in [1.807, 2.05) is 13.8 Å². The average molecular weight is 321 g/mol. The molecule has 0 unspecified atom stereocenters. The Hall–Kier alpha value is -0.210. The fourth-order valence-electron chi connectivity index (χ4n) is 2.89. The zero-order chi connectivity index (χ0) is 15.9. The molecule has 0 saturated carbocycles. The Balaban J connectivity index is 2.83. The van der Waals surface area contributed by atoms with Crippen molar-refractivity contribution >= 4 is 10.2 Å². The van der Waals surface area contributed by atoms with E-state index in [2.05, 4.69) is 0 Å². The van der Waals surface area contributed by atoms with Gasteiger partial charge in [-0.05, 0) is 38.1 Å². The summed E-state index contributed by atoms with van der Waals surface area (Å²) >= 11 is 0. The Labute approximate surface area is 129 Å². The fraction of sp³-hybridized carbons (Fsp3) is 1.00. The number of nitrogens with zero attached hydrogens (tertiary/aromatic N) is 2. The number of hydrogen-bond donors (Lipinski definition) is 1. The van der Waals surface area contributed by atoms with Gasteiger partial charge in [-0.3, -0.25) is 0 Å². The van der Waals surface area contributed by atoms with Crippen LogP contribution in [0, 0.1) is 5.92 Å². The third-order valence-corrected chi connectivity index (χ3v) is 6.49. The second kappa shape index (κ2) is 9.05. The Kier molecular flexibility index (Phi) is 8.12. The van der Waals surface area contributed by atoms with Gasteiger partial charge in [0, 0.05) is 32.8 Å². The van der Waals surface area contributed by atoms with Crippen LogP contribution in [-0.2, 0) is 14.9 Å². The highest BCUT2D eigenvalue weighted by atomic mass is 32.2. The summed E-state index contributed by atoms with van der Waals surface area (Å²) in [7, 11) is -1.80. The van der Waals surface area contributed by atoms with E-state index in [1.54, 1.807) is 15.7 Å². The molecular weight excluding hydrogens is 290 g/mol. The van der Waals surface area contributed by atoms with Crippen LogP contribution in [0.5, 0.6) is 0 Å². The summed E-state index contributed by atoms with van der Waals surface area (Å²) in [5.74, 6) is 0.456. The first-order valence-electron chi connectivity index (χ1n) is 7.97. The molecule has 7 heteroatoms. The van der Waals surface area contributed by atoms with Gasteiger partial charge in [-0.1, -0.05) is 13.8 Å². The van der Waals surface area contributed by atoms with Gasteiger partial charge in [-0.25, -0.2) is 0 Å². The lowest BCUT2D eigenvalue weighted by atomic mass is 9.99. The van der Waals surface area contributed by atoms with E-state index >= 15 is 0 Å². The maximum absolute atomic E-state index is 12.9. The van der Waals surface area contributed by atoms with Crippen LogP contribution < -0.4 is 5.73 Å². The molecule has 0 bridgehead atoms. The highest BCUT2D eigenvalue weighted by molar-refractivity contribution is 7.86. The molecule has 1 aliphatic rings. The maximum atomic E-state index is 12.9. The zero-order valence-electron chi connectivity index (χ0n) is 13.6. The van der Waals surface area contributed by atoms with E-state index in [0.29, 0.717) is 38.7 Å². The van der Waals surface area contributed by atoms with Crippen LogP contribution in [0.4, 0.5) is 0 Å². The van der Waals surface area contributed by atoms with Crippen molar-refractivity contribution in [2.75, 3.05) is 39.9 Å². The molecule has 1 rings (SSSR count). The number of hydrogen-bond acceptors (Lipinski definition) is 4. The van der Waals surface area contributed by atoms with E-state index in [0.717, 1.165) is 25.7 Å². The number of piperidine rings is 1. The van der Waals surface area contributed by atoms with Crippen LogP contribution in [0.25, 0.3) is 0 Å². The van der Waals surface area contributed by atoms with E-state index < -0.39 is 10.2 Å². The molecule has 1 heterocycles. The van der Waals surface area contributed by atoms with Crippen molar-refractivity contribution in [3.63, 3.8) is 0 Å². The molecule has 2 N–H and O–H groups in total. The highest BCUT2D eigenvalue weighted by Gasteiger charge is 2.35. The fourth-order valence-corrected chi connectivity index (χ4v) is 4.84. The molecule has 0 amide bonds. The minimum Gasteiger partial charge on any atom is -0.383 e. The largest absolute Gasteiger partial charge is 0.383 e. The number of nitrogens with two attached hydrogens (primary N) is 1. The molecule has 1 fully saturated rings. The van der Waals surface area contributed by atoms with Gasteiger partial charge < -0.3 is 10.5 Å². The van der Waals surface area contributed by atoms with Gasteiger partial charge in [0.2, 0.25) is 0 Å². The van der Waals surface area contributed by atoms with E-state index in [1.165, 1.54) is 0 Å². The monoisotopic (exact) mass is 321 g/mol. The quantitative estimate of drug-likeness (QED) is 0.688. The highest BCUT2D eigenvalue weighted by Crippen LogP contribution is 2.23. The lowest BCUT2D eigenvalue weighted by Crippen LogP contribution is -2.51. The second-order valence-electron chi connectivity index (χ2n) is 5.66. The summed E-state index contributed by atoms with van der Waals surface area (Å²) in [4.78, 5) is 0. The van der Waals surface area contributed by atoms with Crippen molar-refractivity contribution in [1.29, 1.82) is 0 Å². The van der Waals surface area contributed by atoms with Gasteiger partial charge >= 0.3 is 0 Å². The topological polar surface area (TPSA) is 75.9 Å². The smallest absolute Gasteiger partial charge is 0.282 e. The summed E-state index contributed by atoms with van der Waals surface area (Å²) in [6.45, 7) is 6.71. The normalized spacial score (nSPS) is 18.8. The standard InChI is InChI=1S/C14H31N3O3S/c1-4-14(5-2)17(10-11-20-3)21(18,19)16-8-6-13(12-15)7-9-16/h13-14H,4-12,15H2,1-3H3. The Bertz CT molecular complexity index is 377. The molecule has 1 saturated heterocycles. The van der Waals surface area contributed by atoms with Gasteiger partial charge in [-0.2, -0.15) is 17.0 Å². The van der Waals surface area contributed by atoms with Crippen molar-refractivity contribution in [1.82, 2.24) is 8.61 Å². The minimum atomic E-state index is -3.41. The van der Waals surface area contributed by atoms with Gasteiger partial charge in [-0.15, -0.1) is 0 Å². The van der Waals surface area contributed by atoms with Gasteiger partial charge in [0.05, 0.1) is 6.61 Å². The molecule has 0 atom stereocenters. The van der Waals surface area contributed by atoms with Crippen molar-refractivity contribution in [3.8, 4) is 0 Å². The molecule has 21 heavy (non-hydrogen) atoms. The molecule has 0 radical (unpaired) electrons. The first-order valence-corrected chi connectivity index (χ1v) is 9.36. The average Bonchev–Trinajstić information content (AvgIpc) is 2.51. The summed E-state index contributed by atoms with van der Waals surface area (Å²) in [6, 6.07) is 0.0392. The molecule has 6 nitrogen and oxygen atoms in total. The second-order valence-corrected chi connectivity index (χ2v) is 7.54. The summed E-state index contributed by atoms with van der Waals surface area (Å²) in [5.41, 5.74) is 5.68. The zero-order valence-corrected chi connectivity index (χ0v) is 14.4. The molecule has 126 valence electrons. The van der Waals surface area contributed by atoms with Crippen LogP contribution in [0.2, 0.25) is 0 Å². The van der Waals surface area contributed by atoms with E-state index in [9.17, 15) is 8.42 Å². The lowest BCUT2D eigenvalue weighted by Gasteiger charge is -2.37. The van der Waals surface area contributed by atoms with Crippen LogP contribution in [0.15, 0.2) is 0 Å². The van der Waals surface area contributed by atoms with Gasteiger partial charge in [0.1, 0.15) is 0 Å². The summed E-state index contributed by atoms with van der Waals surface area (Å²) in [6.07, 6.45) is 3.35. The van der Waals surface area contributed by atoms with Crippen molar-refractivity contribution < 1.29 is 13.2 Å². The Morgan fingerprint density at radius 3 is 2.29 bits per heavy atom. The molecule has 0 spiro atoms. The van der Waals surface area contributed by atoms with Gasteiger partial charge in [0.25, 0.3) is 10.2 Å². The Morgan fingerprint density at radius 2 is 1.86 bits per heavy atom. The molecule has 0 aromatic heterocycles. The van der Waals surface area contributed by atoms with Crippen LogP contribution in [-0.4, -0.2) is 63.0 Å². The SMILES string of the molecule is CCC(CC)N(CCOC)S(=O)(=O)N1CCC(CN)CC1. The third kappa shape index (κ3) is 4.89. The van der Waals surface area contributed by atoms with Crippen molar-refractivity contribution in [3.05, 3.63) is 0 Å². The van der Waals surface area contributed by atoms with Crippen LogP contribution in [0.3, 0.4) is 0 Å². The predicted octanol–water partition coefficient (Wildman–Crippen LogP) is 1.04. The van der Waals surface area contributed by atoms with Gasteiger partial charge in [0.15, 0.2) is 0 Å². The first-order chi connectivity index (χ1) is 10.0. The maximum Gasteiger partial charge on any atom is 0.282 e. The number of rotatable bonds is 9. The first kappa shape index (κ1) is 18.8. The molecule has 0 aliphatic carbocycles. The molecule has 1 aliphatic heterocycles. The molecule has 0 aromatic rings. The lowest BCUT2D eigenvalue weighted by molar-refractivity contribution is 0.155. The molecular formula is C14H31N3O3S. The van der Waals surface area contributed by atoms with E-state index in [-0.39, 0.29) is 6.04 Å². The van der Waals surface area contributed by atoms with Crippen LogP contribution >= 0.6 is 0 Å². The van der Waals surface area contributed by atoms with Crippen LogP contribution in [0.1, 0.15) is 39.5 Å². The third-order valence-electron chi connectivity index (χ3n) is 4.40. The minimum absolute atomic E-state index is 0.0392. The summed E-state index contributed by atoms with van der Waals surface area (Å²) in [5, 5.41) is 0. The number of ether oxygens (including phenoxy) is 1. The van der Waals surface area contributed by atoms with Crippen molar-refractivity contribution in [2.24, 2.45) is 11.7 Å². The number of methoxy groups -OCH3 is 1. The Morgan fingerprint density at radius 1 is 1.29 bits per heavy atom. The predicted molar refractivity (Wildman–Crippen MR) is 85.2 cm³/mol. The summed E-state index contributed by atoms with van der Waals surface area (Å²) < 4.78 is 34.2. The van der Waals surface area contributed by atoms with E-state index in [4.69, 9.17) is 10.5 Å². The molecule has 0 aromatic carbocycles. The van der Waals surface area contributed by atoms with Crippen molar-refractivity contribution in [2.45, 2.75) is 45.6 Å².